The van der Waals surface area contributed by atoms with E-state index >= 15 is 0 Å². The van der Waals surface area contributed by atoms with E-state index in [9.17, 15) is 0 Å². The third-order valence-electron chi connectivity index (χ3n) is 4.64. The average molecular weight is 312 g/mol. The molecule has 0 aromatic carbocycles. The van der Waals surface area contributed by atoms with Crippen molar-refractivity contribution in [3.8, 4) is 0 Å². The van der Waals surface area contributed by atoms with Gasteiger partial charge in [-0.1, -0.05) is 11.6 Å². The van der Waals surface area contributed by atoms with E-state index in [0.717, 1.165) is 12.8 Å². The zero-order valence-corrected chi connectivity index (χ0v) is 14.1. The first-order valence-electron chi connectivity index (χ1n) is 8.26. The Morgan fingerprint density at radius 2 is 1.91 bits per heavy atom. The Morgan fingerprint density at radius 3 is 2.59 bits per heavy atom. The quantitative estimate of drug-likeness (QED) is 0.590. The molecule has 3 fully saturated rings. The van der Waals surface area contributed by atoms with Crippen LogP contribution >= 0.6 is 0 Å². The van der Waals surface area contributed by atoms with E-state index < -0.39 is 11.6 Å². The summed E-state index contributed by atoms with van der Waals surface area (Å²) in [4.78, 5) is 0. The van der Waals surface area contributed by atoms with Crippen molar-refractivity contribution in [2.45, 2.75) is 64.3 Å². The van der Waals surface area contributed by atoms with E-state index in [4.69, 9.17) is 23.7 Å². The van der Waals surface area contributed by atoms with Crippen LogP contribution in [0.1, 0.15) is 40.5 Å². The highest BCUT2D eigenvalue weighted by Gasteiger charge is 2.58. The summed E-state index contributed by atoms with van der Waals surface area (Å²) in [6.45, 7) is 10.5. The molecule has 3 rings (SSSR count). The first-order valence-corrected chi connectivity index (χ1v) is 8.26. The van der Waals surface area contributed by atoms with Crippen molar-refractivity contribution in [1.82, 2.24) is 0 Å². The zero-order chi connectivity index (χ0) is 15.8. The fraction of sp³-hybridized carbons (Fsp3) is 0.882. The van der Waals surface area contributed by atoms with E-state index in [1.165, 1.54) is 5.57 Å². The molecular weight excluding hydrogens is 284 g/mol. The first kappa shape index (κ1) is 16.4. The minimum atomic E-state index is -0.560. The Balaban J connectivity index is 1.72. The van der Waals surface area contributed by atoms with Crippen LogP contribution in [0.4, 0.5) is 0 Å². The normalized spacial score (nSPS) is 35.5. The van der Waals surface area contributed by atoms with Crippen LogP contribution in [0.25, 0.3) is 0 Å². The topological polar surface area (TPSA) is 46.2 Å². The molecule has 1 saturated carbocycles. The van der Waals surface area contributed by atoms with Crippen molar-refractivity contribution in [2.24, 2.45) is 5.92 Å². The molecule has 0 aromatic heterocycles. The molecule has 5 heteroatoms. The number of hydrogen-bond acceptors (Lipinski definition) is 5. The van der Waals surface area contributed by atoms with Gasteiger partial charge in [0.05, 0.1) is 44.6 Å². The van der Waals surface area contributed by atoms with Gasteiger partial charge in [-0.15, -0.1) is 0 Å². The number of fused-ring (bicyclic) bond motifs is 1. The first-order chi connectivity index (χ1) is 10.4. The van der Waals surface area contributed by atoms with Gasteiger partial charge in [-0.3, -0.25) is 0 Å². The smallest absolute Gasteiger partial charge is 0.176 e. The molecule has 0 amide bonds. The summed E-state index contributed by atoms with van der Waals surface area (Å²) in [6.07, 6.45) is 3.89. The molecule has 126 valence electrons. The van der Waals surface area contributed by atoms with Crippen molar-refractivity contribution in [1.29, 1.82) is 0 Å². The molecule has 5 nitrogen and oxygen atoms in total. The van der Waals surface area contributed by atoms with Gasteiger partial charge in [0.25, 0.3) is 0 Å². The predicted octanol–water partition coefficient (Wildman–Crippen LogP) is 2.64. The van der Waals surface area contributed by atoms with Crippen LogP contribution < -0.4 is 0 Å². The number of rotatable bonds is 4. The van der Waals surface area contributed by atoms with Crippen LogP contribution in [-0.2, 0) is 23.7 Å². The molecule has 0 aromatic rings. The summed E-state index contributed by atoms with van der Waals surface area (Å²) in [7, 11) is 0. The van der Waals surface area contributed by atoms with E-state index in [0.29, 0.717) is 26.4 Å². The van der Waals surface area contributed by atoms with Gasteiger partial charge in [0.1, 0.15) is 0 Å². The molecule has 2 heterocycles. The van der Waals surface area contributed by atoms with Gasteiger partial charge >= 0.3 is 0 Å². The second-order valence-corrected chi connectivity index (χ2v) is 7.11. The van der Waals surface area contributed by atoms with Gasteiger partial charge in [-0.2, -0.15) is 0 Å². The summed E-state index contributed by atoms with van der Waals surface area (Å²) < 4.78 is 30.0. The summed E-state index contributed by atoms with van der Waals surface area (Å²) in [5, 5.41) is 0. The summed E-state index contributed by atoms with van der Waals surface area (Å²) in [5.74, 6) is -1.06. The second kappa shape index (κ2) is 6.21. The van der Waals surface area contributed by atoms with Crippen LogP contribution in [0.5, 0.6) is 0 Å². The Kier molecular flexibility index (Phi) is 4.63. The van der Waals surface area contributed by atoms with Crippen LogP contribution in [-0.4, -0.2) is 50.2 Å². The molecule has 1 aliphatic carbocycles. The lowest BCUT2D eigenvalue weighted by atomic mass is 9.79. The molecule has 1 spiro atoms. The Hall–Kier alpha value is -0.460. The highest BCUT2D eigenvalue weighted by atomic mass is 16.8. The van der Waals surface area contributed by atoms with Crippen molar-refractivity contribution >= 4 is 0 Å². The average Bonchev–Trinajstić information content (AvgIpc) is 3.01. The van der Waals surface area contributed by atoms with Gasteiger partial charge < -0.3 is 23.7 Å². The fourth-order valence-electron chi connectivity index (χ4n) is 3.68. The standard InChI is InChI=1S/C17H28O5/c1-12(2)6-8-18-11-13-15-14(21-16(3,4)22-15)5-7-17(13)19-9-10-20-17/h6,13-15H,5,7-11H2,1-4H3/t13-,14+,15-/m0/s1. The number of allylic oxidation sites excluding steroid dienone is 1. The van der Waals surface area contributed by atoms with Gasteiger partial charge in [-0.05, 0) is 34.1 Å². The summed E-state index contributed by atoms with van der Waals surface area (Å²) in [6, 6.07) is 0. The van der Waals surface area contributed by atoms with E-state index in [1.807, 2.05) is 13.8 Å². The van der Waals surface area contributed by atoms with Gasteiger partial charge in [0, 0.05) is 6.42 Å². The molecule has 2 saturated heterocycles. The van der Waals surface area contributed by atoms with Crippen LogP contribution in [0.2, 0.25) is 0 Å². The molecule has 0 N–H and O–H groups in total. The maximum atomic E-state index is 6.15. The SMILES string of the molecule is CC(C)=CCOC[C@H]1[C@@H]2OC(C)(C)O[C@@H]2CCC12OCCO2. The molecule has 3 aliphatic rings. The van der Waals surface area contributed by atoms with E-state index in [-0.39, 0.29) is 18.1 Å². The molecule has 0 bridgehead atoms. The third-order valence-corrected chi connectivity index (χ3v) is 4.64. The number of ether oxygens (including phenoxy) is 5. The Morgan fingerprint density at radius 1 is 1.18 bits per heavy atom. The largest absolute Gasteiger partial charge is 0.377 e. The minimum absolute atomic E-state index is 0.0337. The van der Waals surface area contributed by atoms with Crippen LogP contribution in [0.3, 0.4) is 0 Å². The fourth-order valence-corrected chi connectivity index (χ4v) is 3.68. The summed E-state index contributed by atoms with van der Waals surface area (Å²) in [5.41, 5.74) is 1.26. The monoisotopic (exact) mass is 312 g/mol. The maximum Gasteiger partial charge on any atom is 0.176 e. The van der Waals surface area contributed by atoms with Crippen molar-refractivity contribution in [3.05, 3.63) is 11.6 Å². The van der Waals surface area contributed by atoms with Gasteiger partial charge in [0.15, 0.2) is 11.6 Å². The van der Waals surface area contributed by atoms with Crippen molar-refractivity contribution < 1.29 is 23.7 Å². The third kappa shape index (κ3) is 3.24. The molecule has 22 heavy (non-hydrogen) atoms. The Bertz CT molecular complexity index is 421. The lowest BCUT2D eigenvalue weighted by Gasteiger charge is -2.43. The lowest BCUT2D eigenvalue weighted by molar-refractivity contribution is -0.252. The molecule has 0 unspecified atom stereocenters. The maximum absolute atomic E-state index is 6.15. The predicted molar refractivity (Wildman–Crippen MR) is 81.4 cm³/mol. The van der Waals surface area contributed by atoms with Crippen LogP contribution in [0, 0.1) is 5.92 Å². The van der Waals surface area contributed by atoms with Crippen molar-refractivity contribution in [3.63, 3.8) is 0 Å². The van der Waals surface area contributed by atoms with Crippen LogP contribution in [0.15, 0.2) is 11.6 Å². The van der Waals surface area contributed by atoms with E-state index in [1.54, 1.807) is 0 Å². The molecular formula is C17H28O5. The molecule has 3 atom stereocenters. The highest BCUT2D eigenvalue weighted by Crippen LogP contribution is 2.47. The minimum Gasteiger partial charge on any atom is -0.377 e. The van der Waals surface area contributed by atoms with Crippen molar-refractivity contribution in [2.75, 3.05) is 26.4 Å². The highest BCUT2D eigenvalue weighted by molar-refractivity contribution is 5.00. The van der Waals surface area contributed by atoms with Gasteiger partial charge in [0.2, 0.25) is 0 Å². The zero-order valence-electron chi connectivity index (χ0n) is 14.1. The van der Waals surface area contributed by atoms with Gasteiger partial charge in [-0.25, -0.2) is 0 Å². The Labute approximate surface area is 132 Å². The summed E-state index contributed by atoms with van der Waals surface area (Å²) >= 11 is 0. The number of hydrogen-bond donors (Lipinski definition) is 0. The lowest BCUT2D eigenvalue weighted by Crippen LogP contribution is -2.55. The molecule has 0 radical (unpaired) electrons. The van der Waals surface area contributed by atoms with E-state index in [2.05, 4.69) is 19.9 Å². The second-order valence-electron chi connectivity index (χ2n) is 7.11. The molecule has 2 aliphatic heterocycles.